The van der Waals surface area contributed by atoms with Gasteiger partial charge < -0.3 is 4.74 Å². The molecule has 94 valence electrons. The highest BCUT2D eigenvalue weighted by Crippen LogP contribution is 2.26. The highest BCUT2D eigenvalue weighted by molar-refractivity contribution is 7.80. The lowest BCUT2D eigenvalue weighted by Gasteiger charge is -2.09. The summed E-state index contributed by atoms with van der Waals surface area (Å²) < 4.78 is 52.3. The second-order valence-corrected chi connectivity index (χ2v) is 3.60. The second-order valence-electron chi connectivity index (χ2n) is 3.15. The number of rotatable bonds is 4. The van der Waals surface area contributed by atoms with Crippen LogP contribution in [0.2, 0.25) is 0 Å². The molecule has 0 atom stereocenters. The molecule has 0 spiro atoms. The maximum atomic E-state index is 13.2. The number of hydrogen-bond acceptors (Lipinski definition) is 2. The van der Waals surface area contributed by atoms with Gasteiger partial charge in [-0.15, -0.1) is 13.2 Å². The Kier molecular flexibility index (Phi) is 4.86. The first-order chi connectivity index (χ1) is 7.92. The Balaban J connectivity index is 2.79. The summed E-state index contributed by atoms with van der Waals surface area (Å²) in [5.74, 6) is -1.23. The monoisotopic (exact) mass is 266 g/mol. The summed E-state index contributed by atoms with van der Waals surface area (Å²) in [6.45, 7) is 0. The highest BCUT2D eigenvalue weighted by Gasteiger charge is 2.32. The van der Waals surface area contributed by atoms with Crippen molar-refractivity contribution in [1.82, 2.24) is 0 Å². The van der Waals surface area contributed by atoms with Crippen molar-refractivity contribution in [2.75, 3.05) is 5.75 Å². The molecule has 1 nitrogen and oxygen atoms in total. The molecule has 0 bridgehead atoms. The largest absolute Gasteiger partial charge is 0.573 e. The zero-order valence-corrected chi connectivity index (χ0v) is 9.56. The Hall–Kier alpha value is -1.17. The molecule has 6 heteroatoms. The van der Waals surface area contributed by atoms with Gasteiger partial charge in [0.1, 0.15) is 0 Å². The van der Waals surface area contributed by atoms with E-state index < -0.39 is 17.9 Å². The van der Waals surface area contributed by atoms with E-state index in [1.54, 1.807) is 12.2 Å². The molecule has 0 aromatic heterocycles. The zero-order chi connectivity index (χ0) is 12.9. The summed E-state index contributed by atoms with van der Waals surface area (Å²) in [5.41, 5.74) is 0.471. The molecule has 17 heavy (non-hydrogen) atoms. The van der Waals surface area contributed by atoms with Gasteiger partial charge in [-0.1, -0.05) is 18.2 Å². The van der Waals surface area contributed by atoms with Crippen molar-refractivity contribution >= 4 is 18.7 Å². The van der Waals surface area contributed by atoms with Crippen molar-refractivity contribution in [3.63, 3.8) is 0 Å². The molecule has 0 saturated heterocycles. The summed E-state index contributed by atoms with van der Waals surface area (Å²) in [4.78, 5) is 0. The first-order valence-electron chi connectivity index (χ1n) is 4.75. The molecule has 0 saturated carbocycles. The Labute approximate surface area is 101 Å². The van der Waals surface area contributed by atoms with Crippen molar-refractivity contribution < 1.29 is 22.3 Å². The molecule has 0 heterocycles. The molecule has 0 fully saturated rings. The third-order valence-electron chi connectivity index (χ3n) is 1.79. The van der Waals surface area contributed by atoms with E-state index in [1.807, 2.05) is 0 Å². The van der Waals surface area contributed by atoms with Gasteiger partial charge in [0.15, 0.2) is 11.6 Å². The van der Waals surface area contributed by atoms with Crippen LogP contribution in [0.1, 0.15) is 12.0 Å². The standard InChI is InChI=1S/C11H10F4OS/c12-9-7-8(3-1-2-6-17)4-5-10(9)16-11(13,14)15/h1,3-5,7,17H,2,6H2. The summed E-state index contributed by atoms with van der Waals surface area (Å²) in [6.07, 6.45) is -0.821. The summed E-state index contributed by atoms with van der Waals surface area (Å²) in [7, 11) is 0. The summed E-state index contributed by atoms with van der Waals surface area (Å²) >= 11 is 3.98. The molecule has 0 radical (unpaired) electrons. The number of hydrogen-bond donors (Lipinski definition) is 1. The number of halogens is 4. The minimum absolute atomic E-state index is 0.471. The van der Waals surface area contributed by atoms with E-state index in [4.69, 9.17) is 0 Å². The van der Waals surface area contributed by atoms with Crippen LogP contribution >= 0.6 is 12.6 Å². The molecule has 0 aliphatic carbocycles. The van der Waals surface area contributed by atoms with Gasteiger partial charge in [0.2, 0.25) is 0 Å². The Morgan fingerprint density at radius 1 is 1.29 bits per heavy atom. The molecular formula is C11H10F4OS. The van der Waals surface area contributed by atoms with E-state index in [1.165, 1.54) is 6.07 Å². The van der Waals surface area contributed by atoms with E-state index >= 15 is 0 Å². The number of ether oxygens (including phenoxy) is 1. The Bertz CT molecular complexity index is 401. The van der Waals surface area contributed by atoms with E-state index in [-0.39, 0.29) is 0 Å². The lowest BCUT2D eigenvalue weighted by atomic mass is 10.2. The number of alkyl halides is 3. The van der Waals surface area contributed by atoms with Crippen LogP contribution in [0.5, 0.6) is 5.75 Å². The molecule has 1 aromatic rings. The van der Waals surface area contributed by atoms with Gasteiger partial charge in [-0.3, -0.25) is 0 Å². The minimum atomic E-state index is -4.88. The van der Waals surface area contributed by atoms with E-state index in [9.17, 15) is 17.6 Å². The Morgan fingerprint density at radius 3 is 2.53 bits per heavy atom. The van der Waals surface area contributed by atoms with Gasteiger partial charge in [-0.2, -0.15) is 12.6 Å². The van der Waals surface area contributed by atoms with Crippen LogP contribution in [0.15, 0.2) is 24.3 Å². The number of thiol groups is 1. The first-order valence-corrected chi connectivity index (χ1v) is 5.38. The van der Waals surface area contributed by atoms with Gasteiger partial charge in [-0.25, -0.2) is 4.39 Å². The quantitative estimate of drug-likeness (QED) is 0.638. The molecule has 0 amide bonds. The lowest BCUT2D eigenvalue weighted by Crippen LogP contribution is -2.17. The number of allylic oxidation sites excluding steroid dienone is 1. The van der Waals surface area contributed by atoms with Crippen LogP contribution in [-0.2, 0) is 0 Å². The normalized spacial score (nSPS) is 12.1. The van der Waals surface area contributed by atoms with Gasteiger partial charge in [0, 0.05) is 0 Å². The average molecular weight is 266 g/mol. The van der Waals surface area contributed by atoms with Gasteiger partial charge >= 0.3 is 6.36 Å². The highest BCUT2D eigenvalue weighted by atomic mass is 32.1. The van der Waals surface area contributed by atoms with Crippen LogP contribution in [-0.4, -0.2) is 12.1 Å². The molecule has 0 aliphatic rings. The van der Waals surface area contributed by atoms with Crippen molar-refractivity contribution in [3.05, 3.63) is 35.7 Å². The van der Waals surface area contributed by atoms with Gasteiger partial charge in [0.25, 0.3) is 0 Å². The van der Waals surface area contributed by atoms with Crippen LogP contribution in [0.25, 0.3) is 6.08 Å². The number of benzene rings is 1. The smallest absolute Gasteiger partial charge is 0.403 e. The van der Waals surface area contributed by atoms with Crippen molar-refractivity contribution in [1.29, 1.82) is 0 Å². The van der Waals surface area contributed by atoms with E-state index in [0.717, 1.165) is 12.1 Å². The SMILES string of the molecule is Fc1cc(C=CCCS)ccc1OC(F)(F)F. The van der Waals surface area contributed by atoms with E-state index in [0.29, 0.717) is 17.7 Å². The summed E-state index contributed by atoms with van der Waals surface area (Å²) in [5, 5.41) is 0. The van der Waals surface area contributed by atoms with Crippen LogP contribution < -0.4 is 4.74 Å². The topological polar surface area (TPSA) is 9.23 Å². The van der Waals surface area contributed by atoms with Crippen molar-refractivity contribution in [2.45, 2.75) is 12.8 Å². The molecule has 0 unspecified atom stereocenters. The fourth-order valence-electron chi connectivity index (χ4n) is 1.12. The predicted molar refractivity (Wildman–Crippen MR) is 60.6 cm³/mol. The maximum Gasteiger partial charge on any atom is 0.573 e. The molecular weight excluding hydrogens is 256 g/mol. The predicted octanol–water partition coefficient (Wildman–Crippen LogP) is 4.06. The summed E-state index contributed by atoms with van der Waals surface area (Å²) in [6, 6.07) is 3.28. The van der Waals surface area contributed by atoms with E-state index in [2.05, 4.69) is 17.4 Å². The third-order valence-corrected chi connectivity index (χ3v) is 2.05. The second kappa shape index (κ2) is 5.95. The van der Waals surface area contributed by atoms with Gasteiger partial charge in [0.05, 0.1) is 0 Å². The van der Waals surface area contributed by atoms with Gasteiger partial charge in [-0.05, 0) is 29.9 Å². The van der Waals surface area contributed by atoms with Crippen LogP contribution in [0.3, 0.4) is 0 Å². The fraction of sp³-hybridized carbons (Fsp3) is 0.273. The van der Waals surface area contributed by atoms with Crippen LogP contribution in [0.4, 0.5) is 17.6 Å². The maximum absolute atomic E-state index is 13.2. The van der Waals surface area contributed by atoms with Crippen LogP contribution in [0, 0.1) is 5.82 Å². The molecule has 1 aromatic carbocycles. The lowest BCUT2D eigenvalue weighted by molar-refractivity contribution is -0.275. The third kappa shape index (κ3) is 5.12. The molecule has 0 N–H and O–H groups in total. The first kappa shape index (κ1) is 13.9. The molecule has 1 rings (SSSR count). The van der Waals surface area contributed by atoms with Crippen molar-refractivity contribution in [2.24, 2.45) is 0 Å². The Morgan fingerprint density at radius 2 is 2.00 bits per heavy atom. The fourth-order valence-corrected chi connectivity index (χ4v) is 1.27. The molecule has 0 aliphatic heterocycles. The minimum Gasteiger partial charge on any atom is -0.403 e. The van der Waals surface area contributed by atoms with Crippen molar-refractivity contribution in [3.8, 4) is 5.75 Å². The average Bonchev–Trinajstić information content (AvgIpc) is 2.21. The zero-order valence-electron chi connectivity index (χ0n) is 8.67.